The minimum atomic E-state index is -0.288. The number of nitrogens with two attached hydrogens (primary N) is 6. The van der Waals surface area contributed by atoms with Crippen molar-refractivity contribution in [2.45, 2.75) is 164 Å². The minimum absolute atomic E-state index is 0.0475. The lowest BCUT2D eigenvalue weighted by Gasteiger charge is -2.30. The van der Waals surface area contributed by atoms with Crippen molar-refractivity contribution in [3.05, 3.63) is 305 Å². The second-order valence-corrected chi connectivity index (χ2v) is 37.4. The number of hydrogen-bond donors (Lipinski definition) is 13. The van der Waals surface area contributed by atoms with Gasteiger partial charge in [-0.15, -0.1) is 0 Å². The number of nitrogens with one attached hydrogen (secondary N) is 7. The van der Waals surface area contributed by atoms with Crippen LogP contribution in [0.3, 0.4) is 0 Å². The molecule has 1 saturated heterocycles. The van der Waals surface area contributed by atoms with E-state index in [0.29, 0.717) is 149 Å². The number of carbonyl (C=O) groups is 1. The summed E-state index contributed by atoms with van der Waals surface area (Å²) in [6, 6.07) is 41.5. The number of nitrogen functional groups attached to an aromatic ring is 5. The topological polar surface area (TPSA) is 607 Å². The molecule has 45 heteroatoms. The molecule has 2 aliphatic carbocycles. The summed E-state index contributed by atoms with van der Waals surface area (Å²) in [6.45, 7) is 25.0. The van der Waals surface area contributed by atoms with Gasteiger partial charge in [0.15, 0.2) is 63.1 Å². The highest BCUT2D eigenvalue weighted by molar-refractivity contribution is 5.86. The highest BCUT2D eigenvalue weighted by atomic mass is 16.2. The molecule has 0 amide bonds. The molecule has 2 saturated carbocycles. The van der Waals surface area contributed by atoms with Crippen molar-refractivity contribution in [2.24, 2.45) is 5.73 Å². The smallest absolute Gasteiger partial charge is 0.328 e. The molecule has 16 heterocycles. The van der Waals surface area contributed by atoms with E-state index < -0.39 is 0 Å². The molecule has 5 aromatic carbocycles. The van der Waals surface area contributed by atoms with E-state index in [1.807, 2.05) is 154 Å². The molecule has 0 atom stereocenters. The Morgan fingerprint density at radius 3 is 0.953 bits per heavy atom. The molecule has 0 unspecified atom stereocenters. The van der Waals surface area contributed by atoms with Gasteiger partial charge in [-0.25, -0.2) is 73.8 Å². The molecule has 23 rings (SSSR count). The van der Waals surface area contributed by atoms with Gasteiger partial charge in [0, 0.05) is 116 Å². The van der Waals surface area contributed by atoms with Crippen LogP contribution >= 0.6 is 0 Å². The lowest BCUT2D eigenvalue weighted by atomic mass is 9.93. The van der Waals surface area contributed by atoms with Gasteiger partial charge >= 0.3 is 28.4 Å². The SMILES string of the molecule is C=C(Cn1cc(-c2ccc(Cn3c(=O)[nH]c4c(N)nc(C)nc43)cc2)cn1)N1CCNCC1.CCCn1cc(-c2ccc(Cn3c(=O)[nH]c4c(N)nc(C)nc43)cc2)cn1.Cc1nc(N)c2[nH]c(=O)n(Cc3ccc(-c4cnn(C5CCC5)c4)cc3)c2n1.Cc1nc(N)c2[nH]c(=O)n(Cc3ccc(-c4cnn(CC(=O)CCN)c4)cc3)c2n1.Cc1nc(N)c2[nH]c(=O)n(Cc3ccc(-c4cnn(CCNC5CCC5)c4)cc3)c2n1. The Kier molecular flexibility index (Phi) is 29.4. The van der Waals surface area contributed by atoms with Crippen LogP contribution in [0.1, 0.15) is 121 Å². The molecule has 764 valence electrons. The monoisotopic (exact) mass is 2010 g/mol. The molecular formula is C104H117N39O6. The number of aryl methyl sites for hydroxylation is 6. The number of fused-ring (bicyclic) bond motifs is 5. The predicted molar refractivity (Wildman–Crippen MR) is 571 cm³/mol. The first kappa shape index (κ1) is 99.7. The van der Waals surface area contributed by atoms with E-state index in [0.717, 1.165) is 141 Å². The predicted octanol–water partition coefficient (Wildman–Crippen LogP) is 9.22. The Hall–Kier alpha value is -18.0. The molecular weight excluding hydrogens is 1890 g/mol. The van der Waals surface area contributed by atoms with Crippen LogP contribution in [0.15, 0.2) is 220 Å². The number of H-pyrrole nitrogens is 5. The highest BCUT2D eigenvalue weighted by Crippen LogP contribution is 2.34. The lowest BCUT2D eigenvalue weighted by Crippen LogP contribution is -2.43. The minimum Gasteiger partial charge on any atom is -0.382 e. The summed E-state index contributed by atoms with van der Waals surface area (Å²) in [6.07, 6.45) is 28.4. The number of nitrogens with zero attached hydrogens (tertiary/aromatic N) is 26. The number of allylic oxidation sites excluding steroid dienone is 1. The number of aromatic nitrogens is 30. The highest BCUT2D eigenvalue weighted by Gasteiger charge is 2.25. The van der Waals surface area contributed by atoms with Gasteiger partial charge in [-0.1, -0.05) is 141 Å². The van der Waals surface area contributed by atoms with Gasteiger partial charge in [0.05, 0.1) is 89.4 Å². The van der Waals surface area contributed by atoms with Gasteiger partial charge in [-0.3, -0.25) is 51.0 Å². The zero-order chi connectivity index (χ0) is 104. The Balaban J connectivity index is 0.000000117. The van der Waals surface area contributed by atoms with Crippen LogP contribution in [0.2, 0.25) is 0 Å². The zero-order valence-electron chi connectivity index (χ0n) is 83.5. The summed E-state index contributed by atoms with van der Waals surface area (Å²) in [7, 11) is 0. The third kappa shape index (κ3) is 22.9. The summed E-state index contributed by atoms with van der Waals surface area (Å²) in [5.41, 5.74) is 55.1. The Labute approximate surface area is 851 Å². The zero-order valence-corrected chi connectivity index (χ0v) is 83.5. The van der Waals surface area contributed by atoms with Gasteiger partial charge in [0.1, 0.15) is 56.7 Å². The molecule has 0 bridgehead atoms. The maximum atomic E-state index is 12.5. The number of aromatic amines is 5. The molecule has 1 aliphatic heterocycles. The van der Waals surface area contributed by atoms with Crippen molar-refractivity contribution in [1.29, 1.82) is 0 Å². The largest absolute Gasteiger partial charge is 0.382 e. The molecule has 15 aromatic heterocycles. The van der Waals surface area contributed by atoms with Gasteiger partial charge in [0.25, 0.3) is 0 Å². The molecule has 149 heavy (non-hydrogen) atoms. The average molecular weight is 2010 g/mol. The van der Waals surface area contributed by atoms with Crippen molar-refractivity contribution in [3.8, 4) is 55.6 Å². The second kappa shape index (κ2) is 43.9. The summed E-state index contributed by atoms with van der Waals surface area (Å²) in [5, 5.41) is 29.0. The number of Topliss-reactive ketones (excluding diaryl/α,β-unsaturated/α-hetero) is 1. The maximum Gasteiger partial charge on any atom is 0.328 e. The van der Waals surface area contributed by atoms with Gasteiger partial charge < -0.3 is 74.9 Å². The number of ketones is 1. The van der Waals surface area contributed by atoms with Crippen LogP contribution in [0, 0.1) is 34.6 Å². The van der Waals surface area contributed by atoms with E-state index in [9.17, 15) is 28.8 Å². The van der Waals surface area contributed by atoms with Crippen LogP contribution in [0.25, 0.3) is 111 Å². The third-order valence-electron chi connectivity index (χ3n) is 26.5. The van der Waals surface area contributed by atoms with Crippen LogP contribution in [-0.4, -0.2) is 202 Å². The fraction of sp³-hybridized carbons (Fsp3) is 0.298. The Bertz CT molecular complexity index is 8550. The number of rotatable bonds is 29. The van der Waals surface area contributed by atoms with Crippen LogP contribution in [0.4, 0.5) is 29.1 Å². The Morgan fingerprint density at radius 2 is 0.658 bits per heavy atom. The molecule has 19 N–H and O–H groups in total. The van der Waals surface area contributed by atoms with Crippen molar-refractivity contribution in [3.63, 3.8) is 0 Å². The standard InChI is InChI=1S/C23H27N9O.C22H26N8O.C20H22N8O2.C20H21N7O.C19H21N7O/c1-15(30-9-7-25-8-10-30)12-31-14-19(11-26-31)18-5-3-17(4-6-18)13-32-22-20(29-23(32)33)21(24)27-16(2)28-22;1-14-26-20(23)19-21(27-14)30(22(31)28-19)12-15-5-7-16(8-6-15)17-11-25-29(13-17)10-9-24-18-3-2-4-18;1-12-24-18(22)17-19(25-12)28(20(30)26-17)9-13-2-4-14(5-3-13)15-8-23-27(10-15)11-16(29)6-7-21;1-12-23-18(21)17-19(24-12)26(20(28)25-17)10-13-5-7-14(8-6-13)15-9-22-27(11-15)16-3-2-4-16;1-3-8-25-11-15(9-21-25)14-6-4-13(5-7-14)10-26-18-16(24-19(26)27)17(20)22-12(2)23-18/h3-6,11,14,25H,1,7-10,12-13H2,2H3,(H,29,33)(H2,24,27,28);5-8,11,13,18,24H,2-4,9-10,12H2,1H3,(H,28,31)(H2,23,26,27);2-5,8,10H,6-7,9,11,21H2,1H3,(H,26,30)(H2,22,24,25);5-9,11,16H,2-4,10H2,1H3,(H,25,28)(H2,21,23,24);4-7,9,11H,3,8,10H2,1-2H3,(H,24,27)(H2,20,22,23). The summed E-state index contributed by atoms with van der Waals surface area (Å²) in [4.78, 5) is 132. The molecule has 20 aromatic rings. The van der Waals surface area contributed by atoms with Crippen molar-refractivity contribution in [2.75, 3.05) is 67.9 Å². The number of piperazine rings is 1. The molecule has 0 radical (unpaired) electrons. The molecule has 3 aliphatic rings. The summed E-state index contributed by atoms with van der Waals surface area (Å²) >= 11 is 0. The van der Waals surface area contributed by atoms with Crippen molar-refractivity contribution < 1.29 is 4.79 Å². The van der Waals surface area contributed by atoms with Crippen LogP contribution in [-0.2, 0) is 63.7 Å². The molecule has 45 nitrogen and oxygen atoms in total. The van der Waals surface area contributed by atoms with E-state index in [2.05, 4.69) is 171 Å². The summed E-state index contributed by atoms with van der Waals surface area (Å²) < 4.78 is 17.4. The number of anilines is 5. The van der Waals surface area contributed by atoms with E-state index in [4.69, 9.17) is 34.4 Å². The third-order valence-corrected chi connectivity index (χ3v) is 26.5. The normalized spacial score (nSPS) is 13.1. The quantitative estimate of drug-likeness (QED) is 0.0208. The van der Waals surface area contributed by atoms with Crippen LogP contribution < -0.4 is 73.5 Å². The fourth-order valence-electron chi connectivity index (χ4n) is 18.2. The first-order valence-electron chi connectivity index (χ1n) is 49.4. The van der Waals surface area contributed by atoms with E-state index in [1.165, 1.54) is 43.1 Å². The number of carbonyl (C=O) groups excluding carboxylic acids is 1. The summed E-state index contributed by atoms with van der Waals surface area (Å²) in [5.74, 6) is 4.08. The van der Waals surface area contributed by atoms with Crippen molar-refractivity contribution >= 4 is 90.7 Å². The first-order valence-corrected chi connectivity index (χ1v) is 49.4. The van der Waals surface area contributed by atoms with Crippen molar-refractivity contribution in [1.82, 2.24) is 162 Å². The van der Waals surface area contributed by atoms with Gasteiger partial charge in [-0.05, 0) is 135 Å². The molecule has 3 fully saturated rings. The fourth-order valence-corrected chi connectivity index (χ4v) is 18.2. The van der Waals surface area contributed by atoms with E-state index in [1.54, 1.807) is 63.8 Å². The molecule has 0 spiro atoms. The van der Waals surface area contributed by atoms with Gasteiger partial charge in [0.2, 0.25) is 0 Å². The second-order valence-electron chi connectivity index (χ2n) is 37.4. The van der Waals surface area contributed by atoms with E-state index in [-0.39, 0.29) is 69.9 Å². The van der Waals surface area contributed by atoms with E-state index >= 15 is 0 Å². The lowest BCUT2D eigenvalue weighted by molar-refractivity contribution is -0.119. The average Bonchev–Trinajstić information content (AvgIpc) is 1.65. The first-order chi connectivity index (χ1) is 72.1. The van der Waals surface area contributed by atoms with Gasteiger partial charge in [-0.2, -0.15) is 25.5 Å². The number of imidazole rings is 5. The number of hydrogen-bond acceptors (Lipinski definition) is 30. The van der Waals surface area contributed by atoms with Crippen LogP contribution in [0.5, 0.6) is 0 Å². The maximum absolute atomic E-state index is 12.5. The number of benzene rings is 5. The Morgan fingerprint density at radius 1 is 0.369 bits per heavy atom.